The van der Waals surface area contributed by atoms with E-state index in [1.807, 2.05) is 0 Å². The van der Waals surface area contributed by atoms with Crippen molar-refractivity contribution in [1.82, 2.24) is 0 Å². The zero-order valence-electron chi connectivity index (χ0n) is 35.4. The first-order valence-corrected chi connectivity index (χ1v) is 22.9. The van der Waals surface area contributed by atoms with Crippen molar-refractivity contribution in [3.8, 4) is 0 Å². The molecule has 0 aliphatic heterocycles. The highest BCUT2D eigenvalue weighted by Crippen LogP contribution is 2.35. The number of hydrogen-bond donors (Lipinski definition) is 2. The third-order valence-electron chi connectivity index (χ3n) is 12.2. The van der Waals surface area contributed by atoms with Crippen LogP contribution in [0.15, 0.2) is 97.1 Å². The fraction of sp³-hybridized carbons (Fsp3) is 0.547. The first-order valence-electron chi connectivity index (χ1n) is 22.9. The zero-order chi connectivity index (χ0) is 38.9. The Bertz CT molecular complexity index is 1520. The van der Waals surface area contributed by atoms with Gasteiger partial charge in [0.15, 0.2) is 0 Å². The van der Waals surface area contributed by atoms with Crippen molar-refractivity contribution >= 4 is 11.4 Å². The molecule has 300 valence electrons. The predicted molar refractivity (Wildman–Crippen MR) is 243 cm³/mol. The van der Waals surface area contributed by atoms with Crippen LogP contribution in [0.5, 0.6) is 0 Å². The third-order valence-corrected chi connectivity index (χ3v) is 12.2. The second-order valence-corrected chi connectivity index (χ2v) is 16.8. The van der Waals surface area contributed by atoms with Crippen molar-refractivity contribution in [3.63, 3.8) is 0 Å². The molecule has 4 rings (SSSR count). The molecule has 0 spiro atoms. The first-order chi connectivity index (χ1) is 27.0. The summed E-state index contributed by atoms with van der Waals surface area (Å²) < 4.78 is 0. The highest BCUT2D eigenvalue weighted by molar-refractivity contribution is 5.44. The Morgan fingerprint density at radius 3 is 1.00 bits per heavy atom. The monoisotopic (exact) mass is 743 g/mol. The largest absolute Gasteiger partial charge is 0.399 e. The van der Waals surface area contributed by atoms with Crippen LogP contribution in [0.3, 0.4) is 0 Å². The topological polar surface area (TPSA) is 52.0 Å². The van der Waals surface area contributed by atoms with E-state index in [-0.39, 0.29) is 0 Å². The highest BCUT2D eigenvalue weighted by Gasteiger charge is 2.18. The standard InChI is InChI=1S/C53H78N2/c1-4-7-9-11-13-15-17-19-21-24-52(47-34-38-50(54)39-35-47)45-28-26-43(27-29-45)42-49(23-6-3)44-30-32-46(33-31-44)53(48-36-40-51(55)41-37-48)25-22-20-18-16-14-12-10-8-5-2/h26-41,49,52-53H,4-25,42,54-55H2,1-3H3. The van der Waals surface area contributed by atoms with E-state index >= 15 is 0 Å². The summed E-state index contributed by atoms with van der Waals surface area (Å²) >= 11 is 0. The number of hydrogen-bond acceptors (Lipinski definition) is 2. The van der Waals surface area contributed by atoms with Crippen molar-refractivity contribution in [2.75, 3.05) is 11.5 Å². The Hall–Kier alpha value is -3.52. The minimum atomic E-state index is 0.418. The van der Waals surface area contributed by atoms with Gasteiger partial charge in [-0.3, -0.25) is 0 Å². The quantitative estimate of drug-likeness (QED) is 0.0430. The molecule has 4 aromatic rings. The smallest absolute Gasteiger partial charge is 0.0314 e. The van der Waals surface area contributed by atoms with Gasteiger partial charge in [0.2, 0.25) is 0 Å². The summed E-state index contributed by atoms with van der Waals surface area (Å²) in [7, 11) is 0. The summed E-state index contributed by atoms with van der Waals surface area (Å²) in [5, 5.41) is 0. The lowest BCUT2D eigenvalue weighted by Crippen LogP contribution is -2.06. The Balaban J connectivity index is 1.38. The number of nitrogens with two attached hydrogens (primary N) is 2. The summed E-state index contributed by atoms with van der Waals surface area (Å²) in [6, 6.07) is 36.7. The van der Waals surface area contributed by atoms with Crippen molar-refractivity contribution in [2.24, 2.45) is 0 Å². The van der Waals surface area contributed by atoms with Crippen LogP contribution in [0.25, 0.3) is 0 Å². The summed E-state index contributed by atoms with van der Waals surface area (Å²) in [6.45, 7) is 6.93. The molecule has 55 heavy (non-hydrogen) atoms. The van der Waals surface area contributed by atoms with E-state index < -0.39 is 0 Å². The Kier molecular flexibility index (Phi) is 21.2. The number of rotatable bonds is 29. The molecule has 3 atom stereocenters. The van der Waals surface area contributed by atoms with Crippen LogP contribution in [-0.4, -0.2) is 0 Å². The van der Waals surface area contributed by atoms with Crippen molar-refractivity contribution in [1.29, 1.82) is 0 Å². The number of anilines is 2. The molecule has 0 radical (unpaired) electrons. The SMILES string of the molecule is CCCCCCCCCCCC(c1ccc(N)cc1)c1ccc(CC(CCC)c2ccc(C(CCCCCCCCCCC)c3ccc(N)cc3)cc2)cc1. The molecule has 0 aliphatic carbocycles. The lowest BCUT2D eigenvalue weighted by molar-refractivity contribution is 0.545. The average molecular weight is 743 g/mol. The molecule has 0 fully saturated rings. The van der Waals surface area contributed by atoms with E-state index in [0.717, 1.165) is 17.8 Å². The molecule has 0 saturated carbocycles. The van der Waals surface area contributed by atoms with Gasteiger partial charge in [0.25, 0.3) is 0 Å². The van der Waals surface area contributed by atoms with E-state index in [1.165, 1.54) is 175 Å². The maximum atomic E-state index is 6.11. The lowest BCUT2D eigenvalue weighted by atomic mass is 9.83. The molecular formula is C53H78N2. The molecule has 0 heterocycles. The Morgan fingerprint density at radius 1 is 0.327 bits per heavy atom. The van der Waals surface area contributed by atoms with Crippen LogP contribution in [0.1, 0.15) is 213 Å². The third kappa shape index (κ3) is 16.2. The Morgan fingerprint density at radius 2 is 0.636 bits per heavy atom. The first kappa shape index (κ1) is 44.2. The van der Waals surface area contributed by atoms with Gasteiger partial charge in [0.1, 0.15) is 0 Å². The van der Waals surface area contributed by atoms with Gasteiger partial charge in [-0.15, -0.1) is 0 Å². The van der Waals surface area contributed by atoms with E-state index in [1.54, 1.807) is 0 Å². The van der Waals surface area contributed by atoms with Crippen LogP contribution in [0, 0.1) is 0 Å². The van der Waals surface area contributed by atoms with Gasteiger partial charge in [-0.1, -0.05) is 216 Å². The van der Waals surface area contributed by atoms with Crippen LogP contribution < -0.4 is 11.5 Å². The molecule has 3 unspecified atom stereocenters. The second kappa shape index (κ2) is 26.4. The molecular weight excluding hydrogens is 665 g/mol. The Labute approximate surface area is 338 Å². The van der Waals surface area contributed by atoms with Gasteiger partial charge >= 0.3 is 0 Å². The van der Waals surface area contributed by atoms with E-state index in [9.17, 15) is 0 Å². The number of benzene rings is 4. The molecule has 0 aliphatic rings. The van der Waals surface area contributed by atoms with Crippen LogP contribution in [0.4, 0.5) is 11.4 Å². The fourth-order valence-corrected chi connectivity index (χ4v) is 8.73. The maximum Gasteiger partial charge on any atom is 0.0314 e. The maximum absolute atomic E-state index is 6.11. The highest BCUT2D eigenvalue weighted by atomic mass is 14.5. The minimum absolute atomic E-state index is 0.418. The van der Waals surface area contributed by atoms with Gasteiger partial charge in [0, 0.05) is 23.2 Å². The number of nitrogen functional groups attached to an aromatic ring is 2. The average Bonchev–Trinajstić information content (AvgIpc) is 3.21. The lowest BCUT2D eigenvalue weighted by Gasteiger charge is -2.22. The van der Waals surface area contributed by atoms with Crippen molar-refractivity contribution in [2.45, 2.75) is 186 Å². The molecule has 4 N–H and O–H groups in total. The zero-order valence-corrected chi connectivity index (χ0v) is 35.4. The van der Waals surface area contributed by atoms with Gasteiger partial charge in [-0.25, -0.2) is 0 Å². The van der Waals surface area contributed by atoms with Gasteiger partial charge < -0.3 is 11.5 Å². The summed E-state index contributed by atoms with van der Waals surface area (Å²) in [6.07, 6.45) is 30.4. The second-order valence-electron chi connectivity index (χ2n) is 16.8. The van der Waals surface area contributed by atoms with Crippen LogP contribution in [-0.2, 0) is 6.42 Å². The molecule has 2 nitrogen and oxygen atoms in total. The van der Waals surface area contributed by atoms with E-state index in [0.29, 0.717) is 17.8 Å². The normalized spacial score (nSPS) is 13.1. The molecule has 4 aromatic carbocycles. The van der Waals surface area contributed by atoms with Crippen molar-refractivity contribution in [3.05, 3.63) is 130 Å². The predicted octanol–water partition coefficient (Wildman–Crippen LogP) is 16.1. The van der Waals surface area contributed by atoms with Crippen molar-refractivity contribution < 1.29 is 0 Å². The molecule has 2 heteroatoms. The molecule has 0 bridgehead atoms. The van der Waals surface area contributed by atoms with Crippen LogP contribution in [0.2, 0.25) is 0 Å². The van der Waals surface area contributed by atoms with Gasteiger partial charge in [-0.2, -0.15) is 0 Å². The summed E-state index contributed by atoms with van der Waals surface area (Å²) in [5.74, 6) is 1.36. The molecule has 0 saturated heterocycles. The van der Waals surface area contributed by atoms with E-state index in [4.69, 9.17) is 11.5 Å². The van der Waals surface area contributed by atoms with E-state index in [2.05, 4.69) is 118 Å². The molecule has 0 amide bonds. The summed E-state index contributed by atoms with van der Waals surface area (Å²) in [5.41, 5.74) is 22.5. The summed E-state index contributed by atoms with van der Waals surface area (Å²) in [4.78, 5) is 0. The van der Waals surface area contributed by atoms with Crippen LogP contribution >= 0.6 is 0 Å². The fourth-order valence-electron chi connectivity index (χ4n) is 8.73. The molecule has 0 aromatic heterocycles. The van der Waals surface area contributed by atoms with Gasteiger partial charge in [0.05, 0.1) is 0 Å². The minimum Gasteiger partial charge on any atom is -0.399 e. The van der Waals surface area contributed by atoms with Gasteiger partial charge in [-0.05, 0) is 89.2 Å². The number of unbranched alkanes of at least 4 members (excludes halogenated alkanes) is 16.